The third-order valence-electron chi connectivity index (χ3n) is 2.13. The average molecular weight is 187 g/mol. The third-order valence-corrected chi connectivity index (χ3v) is 2.13. The normalized spacial score (nSPS) is 10.8. The van der Waals surface area contributed by atoms with Gasteiger partial charge in [-0.3, -0.25) is 4.98 Å². The fourth-order valence-electron chi connectivity index (χ4n) is 1.29. The lowest BCUT2D eigenvalue weighted by molar-refractivity contribution is 0.768. The molecule has 0 N–H and O–H groups in total. The molecule has 0 spiro atoms. The smallest absolute Gasteiger partial charge is 0.0676 e. The van der Waals surface area contributed by atoms with Gasteiger partial charge in [-0.2, -0.15) is 5.10 Å². The molecule has 0 aromatic carbocycles. The average Bonchev–Trinajstić information content (AvgIpc) is 2.68. The second-order valence-electron chi connectivity index (χ2n) is 3.55. The maximum atomic E-state index is 4.47. The zero-order valence-corrected chi connectivity index (χ0v) is 8.38. The molecule has 0 aliphatic carbocycles. The van der Waals surface area contributed by atoms with Crippen LogP contribution < -0.4 is 0 Å². The lowest BCUT2D eigenvalue weighted by Crippen LogP contribution is -1.96. The molecule has 0 atom stereocenters. The van der Waals surface area contributed by atoms with Gasteiger partial charge in [0.25, 0.3) is 0 Å². The molecule has 2 rings (SSSR count). The van der Waals surface area contributed by atoms with E-state index >= 15 is 0 Å². The Morgan fingerprint density at radius 2 is 1.86 bits per heavy atom. The summed E-state index contributed by atoms with van der Waals surface area (Å²) in [4.78, 5) is 3.97. The monoisotopic (exact) mass is 187 g/mol. The van der Waals surface area contributed by atoms with Crippen LogP contribution >= 0.6 is 0 Å². The van der Waals surface area contributed by atoms with E-state index in [0.29, 0.717) is 5.92 Å². The van der Waals surface area contributed by atoms with E-state index in [4.69, 9.17) is 0 Å². The SMILES string of the molecule is CC(C)c1ccn(-c2ccncc2)n1. The Kier molecular flexibility index (Phi) is 2.31. The summed E-state index contributed by atoms with van der Waals surface area (Å²) in [5.41, 5.74) is 2.16. The zero-order valence-electron chi connectivity index (χ0n) is 8.38. The second kappa shape index (κ2) is 3.62. The molecule has 0 saturated heterocycles. The Labute approximate surface area is 83.4 Å². The van der Waals surface area contributed by atoms with Crippen molar-refractivity contribution >= 4 is 0 Å². The molecule has 0 unspecified atom stereocenters. The second-order valence-corrected chi connectivity index (χ2v) is 3.55. The molecule has 0 radical (unpaired) electrons. The predicted octanol–water partition coefficient (Wildman–Crippen LogP) is 2.39. The first-order valence-corrected chi connectivity index (χ1v) is 4.73. The maximum Gasteiger partial charge on any atom is 0.0676 e. The molecule has 0 aliphatic heterocycles. The molecule has 3 nitrogen and oxygen atoms in total. The summed E-state index contributed by atoms with van der Waals surface area (Å²) in [6.07, 6.45) is 5.52. The van der Waals surface area contributed by atoms with Gasteiger partial charge >= 0.3 is 0 Å². The van der Waals surface area contributed by atoms with Crippen LogP contribution in [0.2, 0.25) is 0 Å². The predicted molar refractivity (Wildman–Crippen MR) is 55.4 cm³/mol. The van der Waals surface area contributed by atoms with E-state index < -0.39 is 0 Å². The van der Waals surface area contributed by atoms with E-state index in [2.05, 4.69) is 23.9 Å². The van der Waals surface area contributed by atoms with Gasteiger partial charge in [0.05, 0.1) is 11.4 Å². The van der Waals surface area contributed by atoms with Gasteiger partial charge in [0.2, 0.25) is 0 Å². The number of rotatable bonds is 2. The van der Waals surface area contributed by atoms with E-state index in [1.807, 2.05) is 29.1 Å². The molecule has 0 saturated carbocycles. The first-order chi connectivity index (χ1) is 6.77. The van der Waals surface area contributed by atoms with Crippen LogP contribution in [0.3, 0.4) is 0 Å². The van der Waals surface area contributed by atoms with Crippen LogP contribution in [0.25, 0.3) is 5.69 Å². The summed E-state index contributed by atoms with van der Waals surface area (Å²) in [6.45, 7) is 4.28. The number of hydrogen-bond donors (Lipinski definition) is 0. The lowest BCUT2D eigenvalue weighted by atomic mass is 10.1. The highest BCUT2D eigenvalue weighted by molar-refractivity contribution is 5.28. The van der Waals surface area contributed by atoms with Crippen molar-refractivity contribution in [3.63, 3.8) is 0 Å². The summed E-state index contributed by atoms with van der Waals surface area (Å²) in [5.74, 6) is 0.470. The minimum Gasteiger partial charge on any atom is -0.265 e. The lowest BCUT2D eigenvalue weighted by Gasteiger charge is -2.00. The van der Waals surface area contributed by atoms with Crippen LogP contribution in [0.15, 0.2) is 36.8 Å². The maximum absolute atomic E-state index is 4.47. The van der Waals surface area contributed by atoms with E-state index in [-0.39, 0.29) is 0 Å². The van der Waals surface area contributed by atoms with Crippen LogP contribution in [0.4, 0.5) is 0 Å². The molecule has 72 valence electrons. The number of hydrogen-bond acceptors (Lipinski definition) is 2. The Bertz CT molecular complexity index is 403. The van der Waals surface area contributed by atoms with Crippen LogP contribution in [-0.4, -0.2) is 14.8 Å². The quantitative estimate of drug-likeness (QED) is 0.722. The largest absolute Gasteiger partial charge is 0.265 e. The van der Waals surface area contributed by atoms with Gasteiger partial charge < -0.3 is 0 Å². The topological polar surface area (TPSA) is 30.7 Å². The summed E-state index contributed by atoms with van der Waals surface area (Å²) < 4.78 is 1.87. The standard InChI is InChI=1S/C11H13N3/c1-9(2)11-5-8-14(13-11)10-3-6-12-7-4-10/h3-9H,1-2H3. The van der Waals surface area contributed by atoms with Crippen LogP contribution in [0.5, 0.6) is 0 Å². The molecular weight excluding hydrogens is 174 g/mol. The van der Waals surface area contributed by atoms with Gasteiger partial charge in [0.15, 0.2) is 0 Å². The van der Waals surface area contributed by atoms with Crippen molar-refractivity contribution in [1.82, 2.24) is 14.8 Å². The summed E-state index contributed by atoms with van der Waals surface area (Å²) in [5, 5.41) is 4.47. The van der Waals surface area contributed by atoms with Crippen molar-refractivity contribution in [2.45, 2.75) is 19.8 Å². The van der Waals surface area contributed by atoms with Gasteiger partial charge in [0, 0.05) is 18.6 Å². The van der Waals surface area contributed by atoms with Crippen molar-refractivity contribution < 1.29 is 0 Å². The Hall–Kier alpha value is -1.64. The summed E-state index contributed by atoms with van der Waals surface area (Å²) in [6, 6.07) is 5.93. The van der Waals surface area contributed by atoms with Crippen molar-refractivity contribution in [1.29, 1.82) is 0 Å². The van der Waals surface area contributed by atoms with Crippen molar-refractivity contribution in [2.75, 3.05) is 0 Å². The summed E-state index contributed by atoms with van der Waals surface area (Å²) >= 11 is 0. The Morgan fingerprint density at radius 3 is 2.43 bits per heavy atom. The van der Waals surface area contributed by atoms with Gasteiger partial charge in [-0.1, -0.05) is 13.8 Å². The molecule has 0 bridgehead atoms. The minimum absolute atomic E-state index is 0.470. The fourth-order valence-corrected chi connectivity index (χ4v) is 1.29. The van der Waals surface area contributed by atoms with E-state index in [0.717, 1.165) is 11.4 Å². The highest BCUT2D eigenvalue weighted by Crippen LogP contribution is 2.13. The fraction of sp³-hybridized carbons (Fsp3) is 0.273. The molecule has 0 fully saturated rings. The highest BCUT2D eigenvalue weighted by atomic mass is 15.3. The van der Waals surface area contributed by atoms with Crippen LogP contribution in [-0.2, 0) is 0 Å². The first-order valence-electron chi connectivity index (χ1n) is 4.73. The van der Waals surface area contributed by atoms with Crippen molar-refractivity contribution in [3.8, 4) is 5.69 Å². The molecule has 2 heterocycles. The van der Waals surface area contributed by atoms with Crippen LogP contribution in [0.1, 0.15) is 25.5 Å². The number of nitrogens with zero attached hydrogens (tertiary/aromatic N) is 3. The molecule has 14 heavy (non-hydrogen) atoms. The van der Waals surface area contributed by atoms with Crippen LogP contribution in [0, 0.1) is 0 Å². The molecular formula is C11H13N3. The Balaban J connectivity index is 2.34. The summed E-state index contributed by atoms with van der Waals surface area (Å²) in [7, 11) is 0. The zero-order chi connectivity index (χ0) is 9.97. The molecule has 2 aromatic rings. The van der Waals surface area contributed by atoms with Gasteiger partial charge in [-0.15, -0.1) is 0 Å². The van der Waals surface area contributed by atoms with Crippen molar-refractivity contribution in [3.05, 3.63) is 42.5 Å². The van der Waals surface area contributed by atoms with Gasteiger partial charge in [-0.05, 0) is 24.1 Å². The van der Waals surface area contributed by atoms with E-state index in [9.17, 15) is 0 Å². The Morgan fingerprint density at radius 1 is 1.14 bits per heavy atom. The van der Waals surface area contributed by atoms with E-state index in [1.165, 1.54) is 0 Å². The highest BCUT2D eigenvalue weighted by Gasteiger charge is 2.03. The first kappa shape index (κ1) is 8.94. The minimum atomic E-state index is 0.470. The van der Waals surface area contributed by atoms with Crippen molar-refractivity contribution in [2.24, 2.45) is 0 Å². The molecule has 3 heteroatoms. The molecule has 2 aromatic heterocycles. The van der Waals surface area contributed by atoms with Gasteiger partial charge in [0.1, 0.15) is 0 Å². The number of pyridine rings is 1. The van der Waals surface area contributed by atoms with Gasteiger partial charge in [-0.25, -0.2) is 4.68 Å². The third kappa shape index (κ3) is 1.66. The number of aromatic nitrogens is 3. The van der Waals surface area contributed by atoms with E-state index in [1.54, 1.807) is 12.4 Å². The molecule has 0 amide bonds. The molecule has 0 aliphatic rings.